The molecule has 0 spiro atoms. The summed E-state index contributed by atoms with van der Waals surface area (Å²) >= 11 is 0. The quantitative estimate of drug-likeness (QED) is 0.410. The van der Waals surface area contributed by atoms with Crippen molar-refractivity contribution in [2.45, 2.75) is 6.42 Å². The summed E-state index contributed by atoms with van der Waals surface area (Å²) in [6.45, 7) is 0. The van der Waals surface area contributed by atoms with Gasteiger partial charge in [-0.1, -0.05) is 60.7 Å². The molecule has 4 aromatic carbocycles. The summed E-state index contributed by atoms with van der Waals surface area (Å²) < 4.78 is 0. The molecule has 27 heavy (non-hydrogen) atoms. The van der Waals surface area contributed by atoms with Crippen LogP contribution in [0, 0.1) is 0 Å². The molecule has 2 nitrogen and oxygen atoms in total. The predicted molar refractivity (Wildman–Crippen MR) is 109 cm³/mol. The van der Waals surface area contributed by atoms with E-state index in [4.69, 9.17) is 0 Å². The van der Waals surface area contributed by atoms with Crippen molar-refractivity contribution in [1.82, 2.24) is 0 Å². The van der Waals surface area contributed by atoms with Crippen molar-refractivity contribution in [1.29, 1.82) is 0 Å². The monoisotopic (exact) mass is 350 g/mol. The Balaban J connectivity index is 1.82. The van der Waals surface area contributed by atoms with Gasteiger partial charge in [0.2, 0.25) is 0 Å². The minimum atomic E-state index is 0.248. The molecule has 0 amide bonds. The first-order valence-corrected chi connectivity index (χ1v) is 9.04. The largest absolute Gasteiger partial charge is 0.508 e. The van der Waals surface area contributed by atoms with Gasteiger partial charge in [-0.2, -0.15) is 0 Å². The lowest BCUT2D eigenvalue weighted by Gasteiger charge is -2.16. The van der Waals surface area contributed by atoms with E-state index in [2.05, 4.69) is 36.4 Å². The topological polar surface area (TPSA) is 40.5 Å². The van der Waals surface area contributed by atoms with Crippen LogP contribution in [0.15, 0.2) is 84.9 Å². The smallest absolute Gasteiger partial charge is 0.116 e. The van der Waals surface area contributed by atoms with Crippen LogP contribution in [0.5, 0.6) is 11.5 Å². The zero-order valence-corrected chi connectivity index (χ0v) is 14.7. The molecule has 0 unspecified atom stereocenters. The van der Waals surface area contributed by atoms with Crippen LogP contribution in [0.25, 0.3) is 33.4 Å². The zero-order chi connectivity index (χ0) is 18.4. The lowest BCUT2D eigenvalue weighted by atomic mass is 9.88. The molecule has 0 fully saturated rings. The second kappa shape index (κ2) is 6.03. The molecule has 0 bridgehead atoms. The minimum Gasteiger partial charge on any atom is -0.508 e. The average molecular weight is 350 g/mol. The molecular weight excluding hydrogens is 332 g/mol. The van der Waals surface area contributed by atoms with Gasteiger partial charge in [0, 0.05) is 0 Å². The Bertz CT molecular complexity index is 1170. The van der Waals surface area contributed by atoms with Crippen molar-refractivity contribution in [3.8, 4) is 44.9 Å². The molecule has 0 atom stereocenters. The van der Waals surface area contributed by atoms with E-state index in [-0.39, 0.29) is 11.5 Å². The first-order chi connectivity index (χ1) is 13.2. The summed E-state index contributed by atoms with van der Waals surface area (Å²) in [6, 6.07) is 27.5. The molecule has 0 saturated heterocycles. The maximum atomic E-state index is 10.1. The molecule has 0 saturated carbocycles. The minimum absolute atomic E-state index is 0.248. The van der Waals surface area contributed by atoms with Crippen molar-refractivity contribution in [2.75, 3.05) is 0 Å². The van der Waals surface area contributed by atoms with Gasteiger partial charge in [0.15, 0.2) is 0 Å². The van der Waals surface area contributed by atoms with E-state index in [9.17, 15) is 10.2 Å². The number of benzene rings is 4. The van der Waals surface area contributed by atoms with E-state index >= 15 is 0 Å². The first-order valence-electron chi connectivity index (χ1n) is 9.04. The van der Waals surface area contributed by atoms with Crippen molar-refractivity contribution in [2.24, 2.45) is 0 Å². The van der Waals surface area contributed by atoms with Gasteiger partial charge in [-0.3, -0.25) is 0 Å². The van der Waals surface area contributed by atoms with Crippen LogP contribution in [0.3, 0.4) is 0 Å². The van der Waals surface area contributed by atoms with E-state index < -0.39 is 0 Å². The van der Waals surface area contributed by atoms with Gasteiger partial charge in [-0.05, 0) is 75.2 Å². The van der Waals surface area contributed by atoms with Gasteiger partial charge in [0.05, 0.1) is 0 Å². The van der Waals surface area contributed by atoms with E-state index in [0.29, 0.717) is 0 Å². The number of phenolic OH excluding ortho intramolecular Hbond substituents is 2. The normalized spacial score (nSPS) is 11.9. The molecule has 130 valence electrons. The third-order valence-corrected chi connectivity index (χ3v) is 5.28. The number of phenols is 2. The van der Waals surface area contributed by atoms with Gasteiger partial charge in [0.25, 0.3) is 0 Å². The highest BCUT2D eigenvalue weighted by atomic mass is 16.3. The van der Waals surface area contributed by atoms with Crippen LogP contribution < -0.4 is 0 Å². The zero-order valence-electron chi connectivity index (χ0n) is 14.7. The van der Waals surface area contributed by atoms with Gasteiger partial charge in [0.1, 0.15) is 11.5 Å². The van der Waals surface area contributed by atoms with Crippen molar-refractivity contribution < 1.29 is 10.2 Å². The molecule has 2 N–H and O–H groups in total. The summed E-state index contributed by atoms with van der Waals surface area (Å²) in [4.78, 5) is 0. The highest BCUT2D eigenvalue weighted by Crippen LogP contribution is 2.46. The lowest BCUT2D eigenvalue weighted by Crippen LogP contribution is -1.93. The molecule has 0 aliphatic heterocycles. The number of aromatic hydroxyl groups is 2. The highest BCUT2D eigenvalue weighted by molar-refractivity contribution is 5.94. The van der Waals surface area contributed by atoms with Gasteiger partial charge in [-0.25, -0.2) is 0 Å². The van der Waals surface area contributed by atoms with Crippen LogP contribution in [-0.2, 0) is 6.42 Å². The first kappa shape index (κ1) is 15.7. The Kier molecular flexibility index (Phi) is 3.51. The molecule has 0 radical (unpaired) electrons. The number of rotatable bonds is 2. The maximum absolute atomic E-state index is 10.1. The molecule has 1 aliphatic carbocycles. The molecular formula is C25H18O2. The average Bonchev–Trinajstić information content (AvgIpc) is 3.06. The van der Waals surface area contributed by atoms with Gasteiger partial charge < -0.3 is 10.2 Å². The fourth-order valence-corrected chi connectivity index (χ4v) is 4.12. The second-order valence-corrected chi connectivity index (χ2v) is 6.95. The van der Waals surface area contributed by atoms with E-state index in [1.807, 2.05) is 30.3 Å². The van der Waals surface area contributed by atoms with Crippen LogP contribution in [0.2, 0.25) is 0 Å². The van der Waals surface area contributed by atoms with E-state index in [1.165, 1.54) is 22.3 Å². The molecule has 0 heterocycles. The summed E-state index contributed by atoms with van der Waals surface area (Å²) in [7, 11) is 0. The summed E-state index contributed by atoms with van der Waals surface area (Å²) in [6.07, 6.45) is 0.864. The predicted octanol–water partition coefficient (Wildman–Crippen LogP) is 6.00. The Morgan fingerprint density at radius 2 is 1.22 bits per heavy atom. The SMILES string of the molecule is Oc1cccc(-c2ccc3c(c2-c2cccc(O)c2)Cc2ccccc2-3)c1. The van der Waals surface area contributed by atoms with Gasteiger partial charge in [-0.15, -0.1) is 0 Å². The number of hydrogen-bond donors (Lipinski definition) is 2. The van der Waals surface area contributed by atoms with Crippen LogP contribution in [0.4, 0.5) is 0 Å². The Labute approximate surface area is 158 Å². The van der Waals surface area contributed by atoms with Crippen LogP contribution in [0.1, 0.15) is 11.1 Å². The molecule has 1 aliphatic rings. The molecule has 5 rings (SSSR count). The fourth-order valence-electron chi connectivity index (χ4n) is 4.12. The summed E-state index contributed by atoms with van der Waals surface area (Å²) in [5.74, 6) is 0.501. The highest BCUT2D eigenvalue weighted by Gasteiger charge is 2.24. The Morgan fingerprint density at radius 1 is 0.556 bits per heavy atom. The Hall–Kier alpha value is -3.52. The van der Waals surface area contributed by atoms with Crippen molar-refractivity contribution in [3.05, 3.63) is 96.1 Å². The van der Waals surface area contributed by atoms with Crippen LogP contribution >= 0.6 is 0 Å². The molecule has 0 aromatic heterocycles. The molecule has 2 heteroatoms. The maximum Gasteiger partial charge on any atom is 0.116 e. The summed E-state index contributed by atoms with van der Waals surface area (Å²) in [5.41, 5.74) is 9.23. The summed E-state index contributed by atoms with van der Waals surface area (Å²) in [5, 5.41) is 20.0. The lowest BCUT2D eigenvalue weighted by molar-refractivity contribution is 0.475. The second-order valence-electron chi connectivity index (χ2n) is 6.95. The van der Waals surface area contributed by atoms with E-state index in [1.54, 1.807) is 18.2 Å². The molecule has 4 aromatic rings. The number of hydrogen-bond acceptors (Lipinski definition) is 2. The Morgan fingerprint density at radius 3 is 2.00 bits per heavy atom. The van der Waals surface area contributed by atoms with Crippen molar-refractivity contribution >= 4 is 0 Å². The third-order valence-electron chi connectivity index (χ3n) is 5.28. The fraction of sp³-hybridized carbons (Fsp3) is 0.0400. The standard InChI is InChI=1S/C25H18O2/c26-19-8-3-6-16(13-19)22-11-12-23-21-10-2-1-5-17(21)15-24(23)25(22)18-7-4-9-20(27)14-18/h1-14,26-27H,15H2. The number of fused-ring (bicyclic) bond motifs is 3. The van der Waals surface area contributed by atoms with Crippen LogP contribution in [-0.4, -0.2) is 10.2 Å². The third kappa shape index (κ3) is 2.58. The van der Waals surface area contributed by atoms with Crippen molar-refractivity contribution in [3.63, 3.8) is 0 Å². The van der Waals surface area contributed by atoms with E-state index in [0.717, 1.165) is 28.7 Å². The van der Waals surface area contributed by atoms with Gasteiger partial charge >= 0.3 is 0 Å².